The van der Waals surface area contributed by atoms with E-state index in [1.807, 2.05) is 0 Å². The number of ether oxygens (including phenoxy) is 1. The maximum absolute atomic E-state index is 12.2. The average Bonchev–Trinajstić information content (AvgIpc) is 2.48. The summed E-state index contributed by atoms with van der Waals surface area (Å²) < 4.78 is 4.77. The Morgan fingerprint density at radius 3 is 2.30 bits per heavy atom. The van der Waals surface area contributed by atoms with Crippen LogP contribution in [0.3, 0.4) is 0 Å². The number of esters is 1. The van der Waals surface area contributed by atoms with Crippen LogP contribution in [0.15, 0.2) is 24.3 Å². The summed E-state index contributed by atoms with van der Waals surface area (Å²) >= 11 is 5.81. The Hall–Kier alpha value is -1.35. The highest BCUT2D eigenvalue weighted by Crippen LogP contribution is 2.32. The topological polar surface area (TPSA) is 43.4 Å². The Balaban J connectivity index is 1.85. The predicted octanol–water partition coefficient (Wildman–Crippen LogP) is 3.89. The molecule has 0 aromatic heterocycles. The van der Waals surface area contributed by atoms with Gasteiger partial charge >= 0.3 is 5.97 Å². The summed E-state index contributed by atoms with van der Waals surface area (Å²) in [4.78, 5) is 23.6. The van der Waals surface area contributed by atoms with Crippen LogP contribution < -0.4 is 0 Å². The quantitative estimate of drug-likeness (QED) is 0.625. The van der Waals surface area contributed by atoms with Gasteiger partial charge < -0.3 is 4.74 Å². The fraction of sp³-hybridized carbons (Fsp3) is 0.500. The molecule has 0 spiro atoms. The molecule has 1 aromatic carbocycles. The second-order valence-corrected chi connectivity index (χ2v) is 5.81. The van der Waals surface area contributed by atoms with Gasteiger partial charge in [0.25, 0.3) is 0 Å². The fourth-order valence-electron chi connectivity index (χ4n) is 2.78. The molecule has 4 heteroatoms. The van der Waals surface area contributed by atoms with Crippen molar-refractivity contribution in [1.29, 1.82) is 0 Å². The van der Waals surface area contributed by atoms with Gasteiger partial charge in [-0.2, -0.15) is 0 Å². The highest BCUT2D eigenvalue weighted by molar-refractivity contribution is 6.30. The third-order valence-electron chi connectivity index (χ3n) is 4.02. The Morgan fingerprint density at radius 1 is 1.15 bits per heavy atom. The normalized spacial score (nSPS) is 22.3. The average molecular weight is 295 g/mol. The Kier molecular flexibility index (Phi) is 5.18. The van der Waals surface area contributed by atoms with Gasteiger partial charge in [0.1, 0.15) is 0 Å². The van der Waals surface area contributed by atoms with Crippen LogP contribution in [0.25, 0.3) is 0 Å². The number of halogens is 1. The Morgan fingerprint density at radius 2 is 1.75 bits per heavy atom. The van der Waals surface area contributed by atoms with E-state index in [1.54, 1.807) is 24.3 Å². The minimum absolute atomic E-state index is 0.0156. The number of hydrogen-bond acceptors (Lipinski definition) is 3. The molecular formula is C16H19ClO3. The zero-order valence-electron chi connectivity index (χ0n) is 11.6. The molecule has 0 unspecified atom stereocenters. The monoisotopic (exact) mass is 294 g/mol. The second kappa shape index (κ2) is 6.89. The molecule has 20 heavy (non-hydrogen) atoms. The summed E-state index contributed by atoms with van der Waals surface area (Å²) in [5.74, 6) is 0.427. The van der Waals surface area contributed by atoms with E-state index in [0.717, 1.165) is 25.7 Å². The van der Waals surface area contributed by atoms with Crippen molar-refractivity contribution in [3.63, 3.8) is 0 Å². The van der Waals surface area contributed by atoms with Crippen LogP contribution in [0.4, 0.5) is 0 Å². The molecule has 0 N–H and O–H groups in total. The van der Waals surface area contributed by atoms with Crippen LogP contribution in [0.5, 0.6) is 0 Å². The third kappa shape index (κ3) is 3.83. The van der Waals surface area contributed by atoms with E-state index in [1.165, 1.54) is 7.11 Å². The van der Waals surface area contributed by atoms with Gasteiger partial charge in [-0.1, -0.05) is 11.6 Å². The highest BCUT2D eigenvalue weighted by Gasteiger charge is 2.28. The molecule has 0 atom stereocenters. The van der Waals surface area contributed by atoms with Crippen molar-refractivity contribution in [2.24, 2.45) is 11.8 Å². The molecular weight excluding hydrogens is 276 g/mol. The summed E-state index contributed by atoms with van der Waals surface area (Å²) in [7, 11) is 1.43. The maximum atomic E-state index is 12.2. The number of benzene rings is 1. The molecule has 1 aliphatic rings. The summed E-state index contributed by atoms with van der Waals surface area (Å²) in [5, 5.41) is 0.639. The first-order chi connectivity index (χ1) is 9.60. The van der Waals surface area contributed by atoms with E-state index < -0.39 is 0 Å². The van der Waals surface area contributed by atoms with Gasteiger partial charge in [-0.15, -0.1) is 0 Å². The van der Waals surface area contributed by atoms with Crippen molar-refractivity contribution >= 4 is 23.4 Å². The largest absolute Gasteiger partial charge is 0.469 e. The lowest BCUT2D eigenvalue weighted by molar-refractivity contribution is -0.146. The molecule has 0 bridgehead atoms. The van der Waals surface area contributed by atoms with Crippen molar-refractivity contribution in [2.75, 3.05) is 7.11 Å². The summed E-state index contributed by atoms with van der Waals surface area (Å²) in [6, 6.07) is 7.02. The Bertz CT molecular complexity index is 473. The second-order valence-electron chi connectivity index (χ2n) is 5.38. The lowest BCUT2D eigenvalue weighted by atomic mass is 9.79. The van der Waals surface area contributed by atoms with Gasteiger partial charge in [0.2, 0.25) is 0 Å². The molecule has 108 valence electrons. The van der Waals surface area contributed by atoms with Crippen LogP contribution in [-0.4, -0.2) is 18.9 Å². The van der Waals surface area contributed by atoms with E-state index >= 15 is 0 Å². The third-order valence-corrected chi connectivity index (χ3v) is 4.27. The van der Waals surface area contributed by atoms with Gasteiger partial charge in [0, 0.05) is 17.0 Å². The number of hydrogen-bond donors (Lipinski definition) is 0. The standard InChI is InChI=1S/C16H19ClO3/c1-20-16(19)13-4-2-11(3-5-13)10-15(18)12-6-8-14(17)9-7-12/h6-9,11,13H,2-5,10H2,1H3. The van der Waals surface area contributed by atoms with Crippen LogP contribution in [0, 0.1) is 11.8 Å². The minimum Gasteiger partial charge on any atom is -0.469 e. The number of carbonyl (C=O) groups excluding carboxylic acids is 2. The minimum atomic E-state index is -0.118. The first-order valence-corrected chi connectivity index (χ1v) is 7.34. The number of carbonyl (C=O) groups is 2. The number of rotatable bonds is 4. The summed E-state index contributed by atoms with van der Waals surface area (Å²) in [6.45, 7) is 0. The highest BCUT2D eigenvalue weighted by atomic mass is 35.5. The van der Waals surface area contributed by atoms with Crippen LogP contribution in [-0.2, 0) is 9.53 Å². The van der Waals surface area contributed by atoms with Crippen LogP contribution in [0.2, 0.25) is 5.02 Å². The zero-order valence-corrected chi connectivity index (χ0v) is 12.4. The summed E-state index contributed by atoms with van der Waals surface area (Å²) in [5.41, 5.74) is 0.712. The van der Waals surface area contributed by atoms with Crippen LogP contribution in [0.1, 0.15) is 42.5 Å². The van der Waals surface area contributed by atoms with Crippen molar-refractivity contribution in [3.8, 4) is 0 Å². The number of methoxy groups -OCH3 is 1. The molecule has 1 aromatic rings. The van der Waals surface area contributed by atoms with E-state index in [2.05, 4.69) is 0 Å². The van der Waals surface area contributed by atoms with E-state index in [4.69, 9.17) is 16.3 Å². The molecule has 1 fully saturated rings. The van der Waals surface area contributed by atoms with E-state index in [9.17, 15) is 9.59 Å². The van der Waals surface area contributed by atoms with Crippen molar-refractivity contribution < 1.29 is 14.3 Å². The smallest absolute Gasteiger partial charge is 0.308 e. The molecule has 1 aliphatic carbocycles. The molecule has 0 amide bonds. The van der Waals surface area contributed by atoms with Crippen molar-refractivity contribution in [1.82, 2.24) is 0 Å². The molecule has 0 aliphatic heterocycles. The van der Waals surface area contributed by atoms with Crippen molar-refractivity contribution in [2.45, 2.75) is 32.1 Å². The first-order valence-electron chi connectivity index (χ1n) is 6.96. The van der Waals surface area contributed by atoms with Gasteiger partial charge in [-0.05, 0) is 55.9 Å². The molecule has 3 nitrogen and oxygen atoms in total. The predicted molar refractivity (Wildman–Crippen MR) is 77.9 cm³/mol. The lowest BCUT2D eigenvalue weighted by Crippen LogP contribution is -2.24. The first kappa shape index (κ1) is 15.0. The molecule has 0 heterocycles. The molecule has 0 saturated heterocycles. The summed E-state index contributed by atoms with van der Waals surface area (Å²) in [6.07, 6.45) is 4.03. The van der Waals surface area contributed by atoms with Gasteiger partial charge in [-0.3, -0.25) is 9.59 Å². The zero-order chi connectivity index (χ0) is 14.5. The molecule has 2 rings (SSSR count). The van der Waals surface area contributed by atoms with Crippen molar-refractivity contribution in [3.05, 3.63) is 34.9 Å². The lowest BCUT2D eigenvalue weighted by Gasteiger charge is -2.26. The van der Waals surface area contributed by atoms with Gasteiger partial charge in [0.05, 0.1) is 13.0 Å². The molecule has 1 saturated carbocycles. The van der Waals surface area contributed by atoms with E-state index in [0.29, 0.717) is 22.9 Å². The SMILES string of the molecule is COC(=O)C1CCC(CC(=O)c2ccc(Cl)cc2)CC1. The number of ketones is 1. The molecule has 0 radical (unpaired) electrons. The van der Waals surface area contributed by atoms with Gasteiger partial charge in [-0.25, -0.2) is 0 Å². The van der Waals surface area contributed by atoms with Gasteiger partial charge in [0.15, 0.2) is 5.78 Å². The maximum Gasteiger partial charge on any atom is 0.308 e. The Labute approximate surface area is 124 Å². The fourth-order valence-corrected chi connectivity index (χ4v) is 2.91. The van der Waals surface area contributed by atoms with Crippen LogP contribution >= 0.6 is 11.6 Å². The number of Topliss-reactive ketones (excluding diaryl/α,β-unsaturated/α-hetero) is 1. The van der Waals surface area contributed by atoms with E-state index in [-0.39, 0.29) is 17.7 Å².